The van der Waals surface area contributed by atoms with Crippen molar-refractivity contribution in [3.05, 3.63) is 39.9 Å². The molecule has 0 bridgehead atoms. The van der Waals surface area contributed by atoms with Gasteiger partial charge in [-0.25, -0.2) is 4.39 Å². The van der Waals surface area contributed by atoms with Gasteiger partial charge >= 0.3 is 5.69 Å². The average Bonchev–Trinajstić information content (AvgIpc) is 1.85. The molecule has 0 spiro atoms. The topological polar surface area (TPSA) is 43.1 Å². The third kappa shape index (κ3) is 1.49. The monoisotopic (exact) mass is 158 g/mol. The molecule has 0 saturated heterocycles. The zero-order chi connectivity index (χ0) is 8.43. The Kier molecular flexibility index (Phi) is 1.80. The van der Waals surface area contributed by atoms with Crippen LogP contribution in [0.15, 0.2) is 12.1 Å². The number of nitro benzene ring substituents is 1. The molecule has 0 fully saturated rings. The van der Waals surface area contributed by atoms with Crippen LogP contribution in [-0.2, 0) is 0 Å². The van der Waals surface area contributed by atoms with Gasteiger partial charge in [-0.15, -0.1) is 0 Å². The van der Waals surface area contributed by atoms with Crippen LogP contribution in [0.2, 0.25) is 0 Å². The fourth-order valence-corrected chi connectivity index (χ4v) is 0.577. The predicted molar refractivity (Wildman–Crippen MR) is 31.8 cm³/mol. The molecule has 1 radical (unpaired) electrons. The Labute approximate surface area is 60.4 Å². The summed E-state index contributed by atoms with van der Waals surface area (Å²) in [5.41, 5.74) is -0.841. The van der Waals surface area contributed by atoms with Gasteiger partial charge in [0.2, 0.25) is 5.82 Å². The largest absolute Gasteiger partial charge is 0.313 e. The van der Waals surface area contributed by atoms with Gasteiger partial charge in [-0.1, -0.05) is 0 Å². The van der Waals surface area contributed by atoms with Crippen molar-refractivity contribution in [1.82, 2.24) is 0 Å². The van der Waals surface area contributed by atoms with Gasteiger partial charge in [-0.05, 0) is 6.07 Å². The molecule has 1 rings (SSSR count). The van der Waals surface area contributed by atoms with Gasteiger partial charge in [-0.3, -0.25) is 10.1 Å². The van der Waals surface area contributed by atoms with Gasteiger partial charge in [0.05, 0.1) is 11.0 Å². The summed E-state index contributed by atoms with van der Waals surface area (Å²) < 4.78 is 24.5. The molecular weight excluding hydrogens is 156 g/mol. The maximum absolute atomic E-state index is 12.4. The Bertz CT molecular complexity index is 301. The number of halogens is 2. The number of hydrogen-bond donors (Lipinski definition) is 0. The lowest BCUT2D eigenvalue weighted by Crippen LogP contribution is -1.92. The molecule has 0 aliphatic heterocycles. The molecule has 0 amide bonds. The molecule has 0 aliphatic rings. The standard InChI is InChI=1S/C6H2F2NO2/c7-4-1-2-6(9(10)11)5(8)3-4/h1,3H. The molecule has 0 N–H and O–H groups in total. The minimum absolute atomic E-state index is 0.439. The van der Waals surface area contributed by atoms with Crippen molar-refractivity contribution in [2.45, 2.75) is 0 Å². The Morgan fingerprint density at radius 2 is 2.18 bits per heavy atom. The molecule has 0 unspecified atom stereocenters. The lowest BCUT2D eigenvalue weighted by atomic mass is 10.3. The normalized spacial score (nSPS) is 9.64. The SMILES string of the molecule is O=[N+]([O-])c1[c]cc(F)cc1F. The molecule has 3 nitrogen and oxygen atoms in total. The van der Waals surface area contributed by atoms with Crippen LogP contribution in [0.3, 0.4) is 0 Å². The van der Waals surface area contributed by atoms with Gasteiger partial charge in [0, 0.05) is 6.07 Å². The predicted octanol–water partition coefficient (Wildman–Crippen LogP) is 1.67. The van der Waals surface area contributed by atoms with E-state index in [9.17, 15) is 18.9 Å². The fraction of sp³-hybridized carbons (Fsp3) is 0. The highest BCUT2D eigenvalue weighted by molar-refractivity contribution is 5.29. The summed E-state index contributed by atoms with van der Waals surface area (Å²) >= 11 is 0. The Hall–Kier alpha value is -1.52. The van der Waals surface area contributed by atoms with E-state index in [2.05, 4.69) is 0 Å². The van der Waals surface area contributed by atoms with E-state index in [4.69, 9.17) is 0 Å². The molecule has 1 aromatic carbocycles. The van der Waals surface area contributed by atoms with E-state index in [0.29, 0.717) is 12.1 Å². The van der Waals surface area contributed by atoms with E-state index < -0.39 is 22.2 Å². The van der Waals surface area contributed by atoms with E-state index in [-0.39, 0.29) is 0 Å². The van der Waals surface area contributed by atoms with Crippen LogP contribution >= 0.6 is 0 Å². The highest BCUT2D eigenvalue weighted by atomic mass is 19.1. The minimum Gasteiger partial charge on any atom is -0.258 e. The summed E-state index contributed by atoms with van der Waals surface area (Å²) in [6.07, 6.45) is 0. The molecule has 11 heavy (non-hydrogen) atoms. The molecule has 0 aliphatic carbocycles. The van der Waals surface area contributed by atoms with E-state index in [1.54, 1.807) is 0 Å². The summed E-state index contributed by atoms with van der Waals surface area (Å²) in [6.45, 7) is 0. The smallest absolute Gasteiger partial charge is 0.258 e. The van der Waals surface area contributed by atoms with Gasteiger partial charge in [0.1, 0.15) is 5.82 Å². The number of nitro groups is 1. The second-order valence-electron chi connectivity index (χ2n) is 1.77. The van der Waals surface area contributed by atoms with Crippen LogP contribution in [0.5, 0.6) is 0 Å². The van der Waals surface area contributed by atoms with Crippen LogP contribution in [0.4, 0.5) is 14.5 Å². The molecular formula is C6H2F2NO2. The quantitative estimate of drug-likeness (QED) is 0.460. The van der Waals surface area contributed by atoms with Crippen molar-refractivity contribution in [2.75, 3.05) is 0 Å². The van der Waals surface area contributed by atoms with E-state index in [1.807, 2.05) is 6.07 Å². The van der Waals surface area contributed by atoms with Gasteiger partial charge in [0.25, 0.3) is 0 Å². The zero-order valence-electron chi connectivity index (χ0n) is 5.17. The molecule has 5 heteroatoms. The molecule has 1 aromatic rings. The van der Waals surface area contributed by atoms with Crippen LogP contribution in [0, 0.1) is 27.8 Å². The second kappa shape index (κ2) is 2.61. The Balaban J connectivity index is 3.20. The van der Waals surface area contributed by atoms with E-state index >= 15 is 0 Å². The van der Waals surface area contributed by atoms with Gasteiger partial charge < -0.3 is 0 Å². The number of hydrogen-bond acceptors (Lipinski definition) is 2. The van der Waals surface area contributed by atoms with Gasteiger partial charge in [-0.2, -0.15) is 4.39 Å². The molecule has 0 heterocycles. The van der Waals surface area contributed by atoms with E-state index in [1.165, 1.54) is 0 Å². The summed E-state index contributed by atoms with van der Waals surface area (Å²) in [6, 6.07) is 3.00. The highest BCUT2D eigenvalue weighted by Crippen LogP contribution is 2.15. The fourth-order valence-electron chi connectivity index (χ4n) is 0.577. The van der Waals surface area contributed by atoms with Gasteiger partial charge in [0.15, 0.2) is 0 Å². The van der Waals surface area contributed by atoms with Crippen LogP contribution < -0.4 is 0 Å². The summed E-state index contributed by atoms with van der Waals surface area (Å²) in [4.78, 5) is 8.98. The minimum atomic E-state index is -1.21. The van der Waals surface area contributed by atoms with Crippen LogP contribution in [0.1, 0.15) is 0 Å². The average molecular weight is 158 g/mol. The molecule has 57 valence electrons. The van der Waals surface area contributed by atoms with Crippen LogP contribution in [0.25, 0.3) is 0 Å². The van der Waals surface area contributed by atoms with Crippen molar-refractivity contribution >= 4 is 5.69 Å². The highest BCUT2D eigenvalue weighted by Gasteiger charge is 2.13. The zero-order valence-corrected chi connectivity index (χ0v) is 5.17. The lowest BCUT2D eigenvalue weighted by molar-refractivity contribution is -0.387. The maximum Gasteiger partial charge on any atom is 0.313 e. The van der Waals surface area contributed by atoms with Crippen molar-refractivity contribution < 1.29 is 13.7 Å². The first-order valence-corrected chi connectivity index (χ1v) is 2.62. The Morgan fingerprint density at radius 3 is 2.64 bits per heavy atom. The third-order valence-electron chi connectivity index (χ3n) is 1.02. The van der Waals surface area contributed by atoms with Crippen LogP contribution in [-0.4, -0.2) is 4.92 Å². The van der Waals surface area contributed by atoms with Crippen molar-refractivity contribution in [2.24, 2.45) is 0 Å². The Morgan fingerprint density at radius 1 is 1.55 bits per heavy atom. The van der Waals surface area contributed by atoms with Crippen molar-refractivity contribution in [3.8, 4) is 0 Å². The van der Waals surface area contributed by atoms with Crippen molar-refractivity contribution in [3.63, 3.8) is 0 Å². The maximum atomic E-state index is 12.4. The summed E-state index contributed by atoms with van der Waals surface area (Å²) in [5.74, 6) is -2.09. The molecule has 0 aromatic heterocycles. The number of benzene rings is 1. The number of nitrogens with zero attached hydrogens (tertiary/aromatic N) is 1. The first-order chi connectivity index (χ1) is 5.11. The lowest BCUT2D eigenvalue weighted by Gasteiger charge is -1.91. The summed E-state index contributed by atoms with van der Waals surface area (Å²) in [5, 5.41) is 9.94. The third-order valence-corrected chi connectivity index (χ3v) is 1.02. The first-order valence-electron chi connectivity index (χ1n) is 2.62. The number of rotatable bonds is 1. The molecule has 0 atom stereocenters. The summed E-state index contributed by atoms with van der Waals surface area (Å²) in [7, 11) is 0. The first kappa shape index (κ1) is 7.59. The van der Waals surface area contributed by atoms with E-state index in [0.717, 1.165) is 0 Å². The second-order valence-corrected chi connectivity index (χ2v) is 1.77. The van der Waals surface area contributed by atoms with Crippen molar-refractivity contribution in [1.29, 1.82) is 0 Å². The molecule has 0 saturated carbocycles.